The Labute approximate surface area is 173 Å². The highest BCUT2D eigenvalue weighted by Crippen LogP contribution is 2.28. The summed E-state index contributed by atoms with van der Waals surface area (Å²) in [6.07, 6.45) is 1.78. The first-order valence-corrected chi connectivity index (χ1v) is 10.4. The van der Waals surface area contributed by atoms with Gasteiger partial charge in [-0.2, -0.15) is 0 Å². The molecule has 1 aliphatic heterocycles. The third-order valence-corrected chi connectivity index (χ3v) is 5.98. The van der Waals surface area contributed by atoms with Gasteiger partial charge in [0.25, 0.3) is 0 Å². The normalized spacial score (nSPS) is 18.4. The minimum atomic E-state index is -0.203. The molecule has 0 unspecified atom stereocenters. The molecule has 0 saturated carbocycles. The minimum absolute atomic E-state index is 0.186. The van der Waals surface area contributed by atoms with E-state index in [1.165, 1.54) is 17.2 Å². The number of hydrogen-bond donors (Lipinski definition) is 0. The van der Waals surface area contributed by atoms with Crippen LogP contribution in [-0.4, -0.2) is 35.6 Å². The van der Waals surface area contributed by atoms with Crippen molar-refractivity contribution in [1.29, 1.82) is 0 Å². The predicted molar refractivity (Wildman–Crippen MR) is 119 cm³/mol. The van der Waals surface area contributed by atoms with Crippen LogP contribution in [0.1, 0.15) is 38.8 Å². The third-order valence-electron chi connectivity index (χ3n) is 5.98. The van der Waals surface area contributed by atoms with Gasteiger partial charge >= 0.3 is 0 Å². The maximum absolute atomic E-state index is 13.6. The van der Waals surface area contributed by atoms with Gasteiger partial charge < -0.3 is 4.90 Å². The topological polar surface area (TPSA) is 19.4 Å². The molecular formula is C25H30FN3. The molecule has 1 atom stereocenters. The lowest BCUT2D eigenvalue weighted by atomic mass is 9.86. The van der Waals surface area contributed by atoms with Gasteiger partial charge in [0.05, 0.1) is 0 Å². The lowest BCUT2D eigenvalue weighted by Crippen LogP contribution is -2.51. The Morgan fingerprint density at radius 3 is 2.48 bits per heavy atom. The summed E-state index contributed by atoms with van der Waals surface area (Å²) in [5, 5.41) is 1.93. The molecule has 0 bridgehead atoms. The van der Waals surface area contributed by atoms with Crippen LogP contribution in [0.5, 0.6) is 0 Å². The van der Waals surface area contributed by atoms with Gasteiger partial charge in [0.1, 0.15) is 11.6 Å². The molecule has 4 heteroatoms. The van der Waals surface area contributed by atoms with Crippen molar-refractivity contribution in [2.45, 2.75) is 45.7 Å². The molecule has 3 aromatic rings. The summed E-state index contributed by atoms with van der Waals surface area (Å²) in [6, 6.07) is 16.3. The SMILES string of the molecule is C[C@@H]1CN(c2nccc3cc(F)ccc23)CCN1Cc1ccc(C(C)(C)C)cc1. The molecule has 4 rings (SSSR count). The zero-order valence-electron chi connectivity index (χ0n) is 17.8. The van der Waals surface area contributed by atoms with Crippen LogP contribution in [0.3, 0.4) is 0 Å². The molecule has 2 heterocycles. The summed E-state index contributed by atoms with van der Waals surface area (Å²) in [5.74, 6) is 0.758. The maximum atomic E-state index is 13.6. The number of halogens is 1. The molecular weight excluding hydrogens is 361 g/mol. The van der Waals surface area contributed by atoms with E-state index >= 15 is 0 Å². The molecule has 29 heavy (non-hydrogen) atoms. The van der Waals surface area contributed by atoms with Crippen molar-refractivity contribution in [1.82, 2.24) is 9.88 Å². The van der Waals surface area contributed by atoms with Crippen molar-refractivity contribution in [3.05, 3.63) is 71.7 Å². The van der Waals surface area contributed by atoms with E-state index in [4.69, 9.17) is 0 Å². The second-order valence-corrected chi connectivity index (χ2v) is 9.21. The standard InChI is InChI=1S/C25H30FN3/c1-18-16-29(24-23-10-9-22(26)15-20(23)11-12-27-24)14-13-28(18)17-19-5-7-21(8-6-19)25(2,3)4/h5-12,15,18H,13-14,16-17H2,1-4H3/t18-/m1/s1. The van der Waals surface area contributed by atoms with Crippen molar-refractivity contribution in [2.75, 3.05) is 24.5 Å². The van der Waals surface area contributed by atoms with E-state index in [1.54, 1.807) is 12.3 Å². The molecule has 1 fully saturated rings. The van der Waals surface area contributed by atoms with Crippen LogP contribution in [-0.2, 0) is 12.0 Å². The first-order chi connectivity index (χ1) is 13.8. The van der Waals surface area contributed by atoms with E-state index in [1.807, 2.05) is 12.1 Å². The number of hydrogen-bond acceptors (Lipinski definition) is 3. The Kier molecular flexibility index (Phi) is 5.30. The van der Waals surface area contributed by atoms with Gasteiger partial charge in [-0.3, -0.25) is 4.90 Å². The molecule has 1 aliphatic rings. The molecule has 0 aliphatic carbocycles. The molecule has 1 aromatic heterocycles. The fraction of sp³-hybridized carbons (Fsp3) is 0.400. The molecule has 0 N–H and O–H groups in total. The van der Waals surface area contributed by atoms with Crippen LogP contribution in [0.15, 0.2) is 54.7 Å². The van der Waals surface area contributed by atoms with Crippen LogP contribution in [0.25, 0.3) is 10.8 Å². The van der Waals surface area contributed by atoms with E-state index in [2.05, 4.69) is 66.7 Å². The smallest absolute Gasteiger partial charge is 0.136 e. The summed E-state index contributed by atoms with van der Waals surface area (Å²) >= 11 is 0. The van der Waals surface area contributed by atoms with Crippen molar-refractivity contribution < 1.29 is 4.39 Å². The molecule has 3 nitrogen and oxygen atoms in total. The fourth-order valence-electron chi connectivity index (χ4n) is 4.15. The van der Waals surface area contributed by atoms with E-state index in [0.717, 1.165) is 42.8 Å². The average Bonchev–Trinajstić information content (AvgIpc) is 2.68. The van der Waals surface area contributed by atoms with Crippen molar-refractivity contribution in [2.24, 2.45) is 0 Å². The first kappa shape index (κ1) is 19.8. The van der Waals surface area contributed by atoms with Crippen LogP contribution in [0.4, 0.5) is 10.2 Å². The van der Waals surface area contributed by atoms with Gasteiger partial charge in [0, 0.05) is 43.8 Å². The van der Waals surface area contributed by atoms with Crippen LogP contribution >= 0.6 is 0 Å². The van der Waals surface area contributed by atoms with Gasteiger partial charge in [-0.25, -0.2) is 9.37 Å². The van der Waals surface area contributed by atoms with Crippen molar-refractivity contribution >= 4 is 16.6 Å². The van der Waals surface area contributed by atoms with Gasteiger partial charge in [0.2, 0.25) is 0 Å². The van der Waals surface area contributed by atoms with E-state index in [9.17, 15) is 4.39 Å². The number of benzene rings is 2. The van der Waals surface area contributed by atoms with E-state index in [0.29, 0.717) is 6.04 Å². The summed E-state index contributed by atoms with van der Waals surface area (Å²) in [5.41, 5.74) is 2.92. The van der Waals surface area contributed by atoms with Crippen molar-refractivity contribution in [3.8, 4) is 0 Å². The highest BCUT2D eigenvalue weighted by atomic mass is 19.1. The summed E-state index contributed by atoms with van der Waals surface area (Å²) in [4.78, 5) is 9.49. The second kappa shape index (κ2) is 7.75. The summed E-state index contributed by atoms with van der Waals surface area (Å²) in [7, 11) is 0. The lowest BCUT2D eigenvalue weighted by Gasteiger charge is -2.40. The minimum Gasteiger partial charge on any atom is -0.353 e. The quantitative estimate of drug-likeness (QED) is 0.597. The summed E-state index contributed by atoms with van der Waals surface area (Å²) in [6.45, 7) is 12.8. The first-order valence-electron chi connectivity index (χ1n) is 10.4. The maximum Gasteiger partial charge on any atom is 0.136 e. The van der Waals surface area contributed by atoms with Crippen LogP contribution in [0.2, 0.25) is 0 Å². The molecule has 152 valence electrons. The van der Waals surface area contributed by atoms with Gasteiger partial charge in [0.15, 0.2) is 0 Å². The number of nitrogens with zero attached hydrogens (tertiary/aromatic N) is 3. The van der Waals surface area contributed by atoms with Gasteiger partial charge in [-0.15, -0.1) is 0 Å². The van der Waals surface area contributed by atoms with E-state index < -0.39 is 0 Å². The monoisotopic (exact) mass is 391 g/mol. The molecule has 2 aromatic carbocycles. The summed E-state index contributed by atoms with van der Waals surface area (Å²) < 4.78 is 13.6. The Morgan fingerprint density at radius 2 is 1.79 bits per heavy atom. The predicted octanol–water partition coefficient (Wildman–Crippen LogP) is 5.38. The third kappa shape index (κ3) is 4.27. The van der Waals surface area contributed by atoms with Crippen molar-refractivity contribution in [3.63, 3.8) is 0 Å². The largest absolute Gasteiger partial charge is 0.353 e. The molecule has 0 spiro atoms. The molecule has 0 radical (unpaired) electrons. The fourth-order valence-corrected chi connectivity index (χ4v) is 4.15. The zero-order valence-corrected chi connectivity index (χ0v) is 17.8. The van der Waals surface area contributed by atoms with Crippen LogP contribution in [0, 0.1) is 5.82 Å². The Bertz CT molecular complexity index is 991. The number of rotatable bonds is 3. The number of pyridine rings is 1. The molecule has 1 saturated heterocycles. The van der Waals surface area contributed by atoms with Gasteiger partial charge in [-0.05, 0) is 53.1 Å². The Balaban J connectivity index is 1.46. The average molecular weight is 392 g/mol. The van der Waals surface area contributed by atoms with Crippen LogP contribution < -0.4 is 4.90 Å². The number of anilines is 1. The Morgan fingerprint density at radius 1 is 1.03 bits per heavy atom. The molecule has 0 amide bonds. The highest BCUT2D eigenvalue weighted by Gasteiger charge is 2.25. The number of piperazine rings is 1. The highest BCUT2D eigenvalue weighted by molar-refractivity contribution is 5.92. The van der Waals surface area contributed by atoms with E-state index in [-0.39, 0.29) is 11.2 Å². The number of aromatic nitrogens is 1. The van der Waals surface area contributed by atoms with Gasteiger partial charge in [-0.1, -0.05) is 45.0 Å². The zero-order chi connectivity index (χ0) is 20.6. The second-order valence-electron chi connectivity index (χ2n) is 9.21. The Hall–Kier alpha value is -2.46. The lowest BCUT2D eigenvalue weighted by molar-refractivity contribution is 0.180. The number of fused-ring (bicyclic) bond motifs is 1.